The lowest BCUT2D eigenvalue weighted by Crippen LogP contribution is -2.15. The largest absolute Gasteiger partial charge is 0.399 e. The Morgan fingerprint density at radius 1 is 1.00 bits per heavy atom. The maximum Gasteiger partial charge on any atom is 0.0237 e. The van der Waals surface area contributed by atoms with Gasteiger partial charge in [0.15, 0.2) is 0 Å². The normalized spacial score (nSPS) is 20.6. The van der Waals surface area contributed by atoms with E-state index < -0.39 is 0 Å². The number of rotatable bonds is 6. The van der Waals surface area contributed by atoms with Crippen LogP contribution in [0.3, 0.4) is 0 Å². The van der Waals surface area contributed by atoms with Gasteiger partial charge in [0.05, 0.1) is 0 Å². The average Bonchev–Trinajstić information content (AvgIpc) is 2.60. The SMILES string of the molecule is C=C(N)/C=C/CCC(=C)C1CCC(CC)CC1.c1ccccc1. The van der Waals surface area contributed by atoms with Crippen molar-refractivity contribution in [1.29, 1.82) is 0 Å². The standard InChI is InChI=1S/C16H27N.C6H6/c1-4-15-9-11-16(12-10-15)13(2)7-5-6-8-14(3)17;1-2-4-6-5-3-1/h6,8,15-16H,2-5,7,9-12,17H2,1H3;1-6H/b8-6+;. The Morgan fingerprint density at radius 2 is 1.52 bits per heavy atom. The van der Waals surface area contributed by atoms with Gasteiger partial charge in [-0.2, -0.15) is 0 Å². The molecule has 2 N–H and O–H groups in total. The molecule has 0 bridgehead atoms. The number of benzene rings is 1. The Morgan fingerprint density at radius 3 is 1.96 bits per heavy atom. The molecule has 126 valence electrons. The van der Waals surface area contributed by atoms with Crippen LogP contribution in [0.4, 0.5) is 0 Å². The molecule has 1 aliphatic carbocycles. The van der Waals surface area contributed by atoms with Crippen molar-refractivity contribution in [2.75, 3.05) is 0 Å². The van der Waals surface area contributed by atoms with E-state index in [-0.39, 0.29) is 0 Å². The predicted molar refractivity (Wildman–Crippen MR) is 103 cm³/mol. The maximum absolute atomic E-state index is 5.48. The van der Waals surface area contributed by atoms with Gasteiger partial charge in [0.2, 0.25) is 0 Å². The number of allylic oxidation sites excluding steroid dienone is 3. The van der Waals surface area contributed by atoms with E-state index in [1.807, 2.05) is 42.5 Å². The molecule has 0 amide bonds. The van der Waals surface area contributed by atoms with E-state index in [0.717, 1.165) is 24.7 Å². The summed E-state index contributed by atoms with van der Waals surface area (Å²) < 4.78 is 0. The molecule has 0 unspecified atom stereocenters. The molecule has 0 saturated heterocycles. The van der Waals surface area contributed by atoms with Gasteiger partial charge >= 0.3 is 0 Å². The molecule has 1 nitrogen and oxygen atoms in total. The molecule has 1 fully saturated rings. The van der Waals surface area contributed by atoms with Gasteiger partial charge in [-0.3, -0.25) is 0 Å². The fraction of sp³-hybridized carbons (Fsp3) is 0.455. The van der Waals surface area contributed by atoms with E-state index in [1.54, 1.807) is 0 Å². The third-order valence-corrected chi connectivity index (χ3v) is 4.63. The van der Waals surface area contributed by atoms with E-state index >= 15 is 0 Å². The monoisotopic (exact) mass is 311 g/mol. The highest BCUT2D eigenvalue weighted by Gasteiger charge is 2.21. The van der Waals surface area contributed by atoms with Crippen LogP contribution in [-0.4, -0.2) is 0 Å². The molecular weight excluding hydrogens is 278 g/mol. The number of nitrogens with two attached hydrogens (primary N) is 1. The molecule has 23 heavy (non-hydrogen) atoms. The zero-order valence-corrected chi connectivity index (χ0v) is 14.7. The summed E-state index contributed by atoms with van der Waals surface area (Å²) >= 11 is 0. The van der Waals surface area contributed by atoms with Gasteiger partial charge in [0, 0.05) is 5.70 Å². The molecule has 2 rings (SSSR count). The minimum Gasteiger partial charge on any atom is -0.399 e. The Labute approximate surface area is 143 Å². The molecule has 1 aromatic rings. The van der Waals surface area contributed by atoms with Crippen LogP contribution in [0, 0.1) is 11.8 Å². The van der Waals surface area contributed by atoms with E-state index in [9.17, 15) is 0 Å². The summed E-state index contributed by atoms with van der Waals surface area (Å²) in [6, 6.07) is 12.0. The van der Waals surface area contributed by atoms with Crippen LogP contribution >= 0.6 is 0 Å². The summed E-state index contributed by atoms with van der Waals surface area (Å²) in [5.74, 6) is 1.74. The molecule has 0 spiro atoms. The minimum atomic E-state index is 0.638. The quantitative estimate of drug-likeness (QED) is 0.487. The van der Waals surface area contributed by atoms with Gasteiger partial charge in [-0.05, 0) is 56.4 Å². The first-order valence-corrected chi connectivity index (χ1v) is 8.92. The van der Waals surface area contributed by atoms with Crippen molar-refractivity contribution < 1.29 is 0 Å². The summed E-state index contributed by atoms with van der Waals surface area (Å²) in [6.07, 6.45) is 13.0. The average molecular weight is 312 g/mol. The second-order valence-corrected chi connectivity index (χ2v) is 6.45. The van der Waals surface area contributed by atoms with Crippen LogP contribution < -0.4 is 5.73 Å². The molecule has 0 atom stereocenters. The minimum absolute atomic E-state index is 0.638. The Balaban J connectivity index is 0.000000366. The van der Waals surface area contributed by atoms with Gasteiger partial charge < -0.3 is 5.73 Å². The van der Waals surface area contributed by atoms with Gasteiger partial charge in [-0.15, -0.1) is 0 Å². The van der Waals surface area contributed by atoms with E-state index in [4.69, 9.17) is 5.73 Å². The fourth-order valence-electron chi connectivity index (χ4n) is 3.07. The Kier molecular flexibility index (Phi) is 9.86. The second-order valence-electron chi connectivity index (χ2n) is 6.45. The topological polar surface area (TPSA) is 26.0 Å². The zero-order valence-electron chi connectivity index (χ0n) is 14.7. The van der Waals surface area contributed by atoms with Gasteiger partial charge in [0.25, 0.3) is 0 Å². The Bertz CT molecular complexity index is 437. The molecule has 1 heteroatoms. The van der Waals surface area contributed by atoms with Crippen molar-refractivity contribution in [2.24, 2.45) is 17.6 Å². The summed E-state index contributed by atoms with van der Waals surface area (Å²) in [7, 11) is 0. The van der Waals surface area contributed by atoms with E-state index in [2.05, 4.69) is 26.2 Å². The molecule has 1 saturated carbocycles. The van der Waals surface area contributed by atoms with Crippen LogP contribution in [0.15, 0.2) is 73.0 Å². The van der Waals surface area contributed by atoms with Crippen molar-refractivity contribution in [1.82, 2.24) is 0 Å². The van der Waals surface area contributed by atoms with Crippen molar-refractivity contribution in [3.05, 3.63) is 73.0 Å². The highest BCUT2D eigenvalue weighted by atomic mass is 14.5. The smallest absolute Gasteiger partial charge is 0.0237 e. The van der Waals surface area contributed by atoms with Crippen LogP contribution in [0.2, 0.25) is 0 Å². The Hall–Kier alpha value is -1.76. The maximum atomic E-state index is 5.48. The predicted octanol–water partition coefficient (Wildman–Crippen LogP) is 6.25. The number of hydrogen-bond donors (Lipinski definition) is 1. The van der Waals surface area contributed by atoms with Crippen molar-refractivity contribution >= 4 is 0 Å². The summed E-state index contributed by atoms with van der Waals surface area (Å²) in [5.41, 5.74) is 7.55. The van der Waals surface area contributed by atoms with Crippen molar-refractivity contribution in [3.8, 4) is 0 Å². The van der Waals surface area contributed by atoms with Gasteiger partial charge in [-0.1, -0.05) is 74.5 Å². The van der Waals surface area contributed by atoms with Crippen LogP contribution in [0.25, 0.3) is 0 Å². The molecule has 1 aromatic carbocycles. The van der Waals surface area contributed by atoms with E-state index in [1.165, 1.54) is 37.7 Å². The molecule has 0 radical (unpaired) electrons. The van der Waals surface area contributed by atoms with Gasteiger partial charge in [0.1, 0.15) is 0 Å². The summed E-state index contributed by atoms with van der Waals surface area (Å²) in [6.45, 7) is 10.2. The molecule has 0 aromatic heterocycles. The molecular formula is C22H33N. The highest BCUT2D eigenvalue weighted by molar-refractivity contribution is 5.11. The van der Waals surface area contributed by atoms with Crippen LogP contribution in [0.1, 0.15) is 51.9 Å². The molecule has 0 aliphatic heterocycles. The van der Waals surface area contributed by atoms with Crippen molar-refractivity contribution in [2.45, 2.75) is 51.9 Å². The summed E-state index contributed by atoms with van der Waals surface area (Å²) in [4.78, 5) is 0. The van der Waals surface area contributed by atoms with Gasteiger partial charge in [-0.25, -0.2) is 0 Å². The third-order valence-electron chi connectivity index (χ3n) is 4.63. The third kappa shape index (κ3) is 9.07. The first-order valence-electron chi connectivity index (χ1n) is 8.92. The lowest BCUT2D eigenvalue weighted by Gasteiger charge is -2.29. The first kappa shape index (κ1) is 19.3. The second kappa shape index (κ2) is 11.8. The van der Waals surface area contributed by atoms with Crippen LogP contribution in [0.5, 0.6) is 0 Å². The lowest BCUT2D eigenvalue weighted by atomic mass is 9.77. The first-order chi connectivity index (χ1) is 11.1. The lowest BCUT2D eigenvalue weighted by molar-refractivity contribution is 0.292. The molecule has 0 heterocycles. The number of hydrogen-bond acceptors (Lipinski definition) is 1. The summed E-state index contributed by atoms with van der Waals surface area (Å²) in [5, 5.41) is 0. The van der Waals surface area contributed by atoms with E-state index in [0.29, 0.717) is 5.70 Å². The molecule has 1 aliphatic rings. The van der Waals surface area contributed by atoms with Crippen LogP contribution in [-0.2, 0) is 0 Å². The zero-order chi connectivity index (χ0) is 16.9. The van der Waals surface area contributed by atoms with Crippen molar-refractivity contribution in [3.63, 3.8) is 0 Å². The fourth-order valence-corrected chi connectivity index (χ4v) is 3.07. The highest BCUT2D eigenvalue weighted by Crippen LogP contribution is 2.35.